The number of hydrogen-bond donors (Lipinski definition) is 2. The quantitative estimate of drug-likeness (QED) is 0.831. The molecule has 2 heterocycles. The minimum Gasteiger partial charge on any atom is -0.479 e. The molecule has 0 saturated carbocycles. The Bertz CT molecular complexity index is 499. The van der Waals surface area contributed by atoms with Gasteiger partial charge in [0.05, 0.1) is 11.7 Å². The van der Waals surface area contributed by atoms with Crippen molar-refractivity contribution in [3.8, 4) is 5.75 Å². The van der Waals surface area contributed by atoms with Crippen molar-refractivity contribution >= 4 is 11.6 Å². The van der Waals surface area contributed by atoms with Crippen LogP contribution >= 0.6 is 0 Å². The van der Waals surface area contributed by atoms with Gasteiger partial charge in [0, 0.05) is 19.6 Å². The number of fused-ring (bicyclic) bond motifs is 1. The summed E-state index contributed by atoms with van der Waals surface area (Å²) in [6.45, 7) is 4.31. The molecule has 1 saturated heterocycles. The van der Waals surface area contributed by atoms with Crippen LogP contribution in [-0.4, -0.2) is 38.2 Å². The molecule has 0 aliphatic carbocycles. The Balaban J connectivity index is 1.99. The molecule has 2 N–H and O–H groups in total. The average Bonchev–Trinajstić information content (AvgIpc) is 2.33. The maximum absolute atomic E-state index is 12.3. The monoisotopic (exact) mass is 261 g/mol. The highest BCUT2D eigenvalue weighted by molar-refractivity contribution is 6.00. The van der Waals surface area contributed by atoms with Crippen molar-refractivity contribution in [1.82, 2.24) is 10.6 Å². The molecule has 2 aliphatic rings. The molecule has 5 heteroatoms. The Kier molecular flexibility index (Phi) is 3.16. The lowest BCUT2D eigenvalue weighted by atomic mass is 10.0. The van der Waals surface area contributed by atoms with E-state index in [0.717, 1.165) is 36.6 Å². The summed E-state index contributed by atoms with van der Waals surface area (Å²) in [5, 5.41) is 6.34. The molecular formula is C14H19N3O2. The third-order valence-corrected chi connectivity index (χ3v) is 3.68. The van der Waals surface area contributed by atoms with E-state index < -0.39 is 6.10 Å². The van der Waals surface area contributed by atoms with Crippen molar-refractivity contribution in [3.63, 3.8) is 0 Å². The average molecular weight is 261 g/mol. The Morgan fingerprint density at radius 3 is 2.89 bits per heavy atom. The van der Waals surface area contributed by atoms with Crippen molar-refractivity contribution < 1.29 is 9.53 Å². The Labute approximate surface area is 112 Å². The molecule has 3 rings (SSSR count). The van der Waals surface area contributed by atoms with Gasteiger partial charge in [0.15, 0.2) is 6.10 Å². The summed E-state index contributed by atoms with van der Waals surface area (Å²) in [5.41, 5.74) is 2.06. The maximum atomic E-state index is 12.3. The van der Waals surface area contributed by atoms with Gasteiger partial charge in [-0.2, -0.15) is 0 Å². The summed E-state index contributed by atoms with van der Waals surface area (Å²) in [4.78, 5) is 14.3. The number of benzene rings is 1. The van der Waals surface area contributed by atoms with Gasteiger partial charge in [-0.15, -0.1) is 0 Å². The first-order valence-electron chi connectivity index (χ1n) is 6.68. The second kappa shape index (κ2) is 4.83. The number of hydrogen-bond acceptors (Lipinski definition) is 4. The molecule has 102 valence electrons. The van der Waals surface area contributed by atoms with Gasteiger partial charge in [0.25, 0.3) is 5.91 Å². The number of amides is 1. The summed E-state index contributed by atoms with van der Waals surface area (Å²) in [6.07, 6.45) is -0.400. The second-order valence-corrected chi connectivity index (χ2v) is 5.11. The smallest absolute Gasteiger partial charge is 0.268 e. The molecular weight excluding hydrogens is 242 g/mol. The minimum absolute atomic E-state index is 0.0561. The predicted octanol–water partition coefficient (Wildman–Crippen LogP) is 0.492. The van der Waals surface area contributed by atoms with Crippen molar-refractivity contribution in [2.75, 3.05) is 25.0 Å². The van der Waals surface area contributed by atoms with Crippen LogP contribution in [0.1, 0.15) is 12.5 Å². The molecule has 1 fully saturated rings. The van der Waals surface area contributed by atoms with Crippen LogP contribution in [0.5, 0.6) is 5.75 Å². The van der Waals surface area contributed by atoms with Gasteiger partial charge in [-0.3, -0.25) is 4.79 Å². The third kappa shape index (κ3) is 2.09. The molecule has 0 aromatic heterocycles. The van der Waals surface area contributed by atoms with Crippen molar-refractivity contribution in [1.29, 1.82) is 0 Å². The normalized spacial score (nSPS) is 22.7. The fraction of sp³-hybridized carbons (Fsp3) is 0.500. The van der Waals surface area contributed by atoms with Gasteiger partial charge in [0.2, 0.25) is 0 Å². The van der Waals surface area contributed by atoms with E-state index in [4.69, 9.17) is 4.74 Å². The number of carbonyl (C=O) groups excluding carboxylic acids is 1. The Morgan fingerprint density at radius 2 is 2.26 bits per heavy atom. The van der Waals surface area contributed by atoms with E-state index in [-0.39, 0.29) is 11.9 Å². The lowest BCUT2D eigenvalue weighted by Gasteiger charge is -2.42. The largest absolute Gasteiger partial charge is 0.479 e. The van der Waals surface area contributed by atoms with E-state index in [1.165, 1.54) is 0 Å². The van der Waals surface area contributed by atoms with E-state index in [2.05, 4.69) is 10.6 Å². The lowest BCUT2D eigenvalue weighted by molar-refractivity contribution is -0.126. The van der Waals surface area contributed by atoms with E-state index in [9.17, 15) is 4.79 Å². The molecule has 0 radical (unpaired) electrons. The molecule has 19 heavy (non-hydrogen) atoms. The number of ether oxygens (including phenoxy) is 1. The zero-order valence-electron chi connectivity index (χ0n) is 11.3. The zero-order chi connectivity index (χ0) is 13.4. The Morgan fingerprint density at radius 1 is 1.47 bits per heavy atom. The van der Waals surface area contributed by atoms with Crippen LogP contribution in [0.2, 0.25) is 0 Å². The highest BCUT2D eigenvalue weighted by Gasteiger charge is 2.38. The first kappa shape index (κ1) is 12.4. The summed E-state index contributed by atoms with van der Waals surface area (Å²) in [7, 11) is 1.91. The summed E-state index contributed by atoms with van der Waals surface area (Å²) in [5.74, 6) is 0.861. The first-order chi connectivity index (χ1) is 9.20. The van der Waals surface area contributed by atoms with Gasteiger partial charge in [-0.25, -0.2) is 0 Å². The predicted molar refractivity (Wildman–Crippen MR) is 73.4 cm³/mol. The number of nitrogens with one attached hydrogen (secondary N) is 2. The molecule has 0 bridgehead atoms. The SMILES string of the molecule is CNCc1ccc2c(c1)N(C1CNC1)C(=O)C(C)O2. The van der Waals surface area contributed by atoms with Gasteiger partial charge < -0.3 is 20.3 Å². The number of nitrogens with zero attached hydrogens (tertiary/aromatic N) is 1. The fourth-order valence-corrected chi connectivity index (χ4v) is 2.55. The topological polar surface area (TPSA) is 53.6 Å². The van der Waals surface area contributed by atoms with Crippen molar-refractivity contribution in [3.05, 3.63) is 23.8 Å². The highest BCUT2D eigenvalue weighted by atomic mass is 16.5. The van der Waals surface area contributed by atoms with Crippen LogP contribution < -0.4 is 20.3 Å². The minimum atomic E-state index is -0.400. The molecule has 1 amide bonds. The van der Waals surface area contributed by atoms with Crippen LogP contribution in [-0.2, 0) is 11.3 Å². The Hall–Kier alpha value is -1.59. The van der Waals surface area contributed by atoms with Crippen molar-refractivity contribution in [2.24, 2.45) is 0 Å². The molecule has 5 nitrogen and oxygen atoms in total. The molecule has 1 atom stereocenters. The maximum Gasteiger partial charge on any atom is 0.268 e. The van der Waals surface area contributed by atoms with Gasteiger partial charge in [-0.1, -0.05) is 6.07 Å². The summed E-state index contributed by atoms with van der Waals surface area (Å²) in [6, 6.07) is 6.30. The van der Waals surface area contributed by atoms with Crippen LogP contribution in [0.25, 0.3) is 0 Å². The molecule has 1 unspecified atom stereocenters. The molecule has 1 aromatic carbocycles. The summed E-state index contributed by atoms with van der Waals surface area (Å²) >= 11 is 0. The molecule has 0 spiro atoms. The van der Waals surface area contributed by atoms with Crippen LogP contribution in [0.15, 0.2) is 18.2 Å². The third-order valence-electron chi connectivity index (χ3n) is 3.68. The van der Waals surface area contributed by atoms with Crippen LogP contribution in [0.3, 0.4) is 0 Å². The number of anilines is 1. The molecule has 2 aliphatic heterocycles. The van der Waals surface area contributed by atoms with E-state index in [0.29, 0.717) is 0 Å². The molecule has 1 aromatic rings. The zero-order valence-corrected chi connectivity index (χ0v) is 11.3. The standard InChI is InChI=1S/C14H19N3O2/c1-9-14(18)17(11-7-16-8-11)12-5-10(6-15-2)3-4-13(12)19-9/h3-5,9,11,15-16H,6-8H2,1-2H3. The second-order valence-electron chi connectivity index (χ2n) is 5.11. The van der Waals surface area contributed by atoms with Gasteiger partial charge >= 0.3 is 0 Å². The van der Waals surface area contributed by atoms with E-state index >= 15 is 0 Å². The first-order valence-corrected chi connectivity index (χ1v) is 6.68. The van der Waals surface area contributed by atoms with Gasteiger partial charge in [0.1, 0.15) is 5.75 Å². The number of carbonyl (C=O) groups is 1. The fourth-order valence-electron chi connectivity index (χ4n) is 2.55. The van der Waals surface area contributed by atoms with Crippen molar-refractivity contribution in [2.45, 2.75) is 25.6 Å². The lowest BCUT2D eigenvalue weighted by Crippen LogP contribution is -2.62. The van der Waals surface area contributed by atoms with Crippen LogP contribution in [0, 0.1) is 0 Å². The highest BCUT2D eigenvalue weighted by Crippen LogP contribution is 2.36. The van der Waals surface area contributed by atoms with E-state index in [1.54, 1.807) is 0 Å². The van der Waals surface area contributed by atoms with Crippen LogP contribution in [0.4, 0.5) is 5.69 Å². The summed E-state index contributed by atoms with van der Waals surface area (Å²) < 4.78 is 5.69. The van der Waals surface area contributed by atoms with Gasteiger partial charge in [-0.05, 0) is 31.7 Å². The van der Waals surface area contributed by atoms with E-state index in [1.807, 2.05) is 37.1 Å². The number of rotatable bonds is 3.